The number of rotatable bonds is 2. The summed E-state index contributed by atoms with van der Waals surface area (Å²) >= 11 is 0. The van der Waals surface area contributed by atoms with Gasteiger partial charge in [0.05, 0.1) is 0 Å². The van der Waals surface area contributed by atoms with E-state index in [0.29, 0.717) is 19.2 Å². The summed E-state index contributed by atoms with van der Waals surface area (Å²) < 4.78 is 63.1. The molecule has 0 radical (unpaired) electrons. The maximum atomic E-state index is 12.4. The van der Waals surface area contributed by atoms with Crippen molar-refractivity contribution in [1.82, 2.24) is 9.29 Å². The number of hydrogen-bond acceptors (Lipinski definition) is 3. The number of hydrogen-bond donors (Lipinski definition) is 0. The molecular weight excluding hydrogens is 293 g/mol. The Morgan fingerprint density at radius 3 is 2.15 bits per heavy atom. The van der Waals surface area contributed by atoms with Gasteiger partial charge in [-0.3, -0.25) is 4.98 Å². The largest absolute Gasteiger partial charge is 0.433 e. The van der Waals surface area contributed by atoms with Crippen LogP contribution in [0.25, 0.3) is 0 Å². The minimum absolute atomic E-state index is 0.202. The highest BCUT2D eigenvalue weighted by molar-refractivity contribution is 7.89. The van der Waals surface area contributed by atoms with Gasteiger partial charge in [-0.1, -0.05) is 13.8 Å². The van der Waals surface area contributed by atoms with Gasteiger partial charge < -0.3 is 0 Å². The van der Waals surface area contributed by atoms with Gasteiger partial charge >= 0.3 is 6.18 Å². The van der Waals surface area contributed by atoms with E-state index in [4.69, 9.17) is 0 Å². The fourth-order valence-corrected chi connectivity index (χ4v) is 3.71. The monoisotopic (exact) mass is 308 g/mol. The van der Waals surface area contributed by atoms with Crippen LogP contribution in [0.4, 0.5) is 13.2 Å². The Labute approximate surface area is 115 Å². The average Bonchev–Trinajstić information content (AvgIpc) is 2.69. The fraction of sp³-hybridized carbons (Fsp3) is 0.583. The van der Waals surface area contributed by atoms with Crippen LogP contribution in [-0.2, 0) is 16.2 Å². The first kappa shape index (κ1) is 15.2. The summed E-state index contributed by atoms with van der Waals surface area (Å²) in [6, 6.07) is 1.65. The Hall–Kier alpha value is -1.15. The molecule has 1 aromatic rings. The Morgan fingerprint density at radius 2 is 1.75 bits per heavy atom. The van der Waals surface area contributed by atoms with E-state index in [1.54, 1.807) is 0 Å². The Morgan fingerprint density at radius 1 is 1.20 bits per heavy atom. The van der Waals surface area contributed by atoms with Gasteiger partial charge in [0.2, 0.25) is 10.0 Å². The van der Waals surface area contributed by atoms with Crippen molar-refractivity contribution in [2.45, 2.75) is 24.9 Å². The molecular formula is C12H15F3N2O2S. The molecule has 0 saturated carbocycles. The van der Waals surface area contributed by atoms with Crippen molar-refractivity contribution >= 4 is 10.0 Å². The zero-order valence-electron chi connectivity index (χ0n) is 11.1. The molecule has 1 aliphatic rings. The smallest absolute Gasteiger partial charge is 0.250 e. The topological polar surface area (TPSA) is 50.3 Å². The summed E-state index contributed by atoms with van der Waals surface area (Å²) in [7, 11) is -3.76. The second-order valence-corrected chi connectivity index (χ2v) is 7.09. The van der Waals surface area contributed by atoms with Crippen LogP contribution >= 0.6 is 0 Å². The zero-order chi connectivity index (χ0) is 15.1. The van der Waals surface area contributed by atoms with E-state index in [9.17, 15) is 21.6 Å². The highest BCUT2D eigenvalue weighted by Gasteiger charge is 2.36. The van der Waals surface area contributed by atoms with E-state index < -0.39 is 21.9 Å². The van der Waals surface area contributed by atoms with Gasteiger partial charge in [0.1, 0.15) is 10.6 Å². The van der Waals surface area contributed by atoms with Gasteiger partial charge in [-0.05, 0) is 24.0 Å². The third kappa shape index (κ3) is 2.80. The predicted octanol–water partition coefficient (Wildman–Crippen LogP) is 2.38. The van der Waals surface area contributed by atoms with E-state index in [1.165, 1.54) is 4.31 Å². The maximum Gasteiger partial charge on any atom is 0.433 e. The summed E-state index contributed by atoms with van der Waals surface area (Å²) in [6.45, 7) is 4.66. The van der Waals surface area contributed by atoms with Crippen LogP contribution in [0.15, 0.2) is 23.2 Å². The van der Waals surface area contributed by atoms with Crippen LogP contribution < -0.4 is 0 Å². The molecule has 2 heterocycles. The zero-order valence-corrected chi connectivity index (χ0v) is 11.9. The molecule has 1 fully saturated rings. The van der Waals surface area contributed by atoms with E-state index in [1.807, 2.05) is 13.8 Å². The van der Waals surface area contributed by atoms with Crippen molar-refractivity contribution in [3.05, 3.63) is 24.0 Å². The summed E-state index contributed by atoms with van der Waals surface area (Å²) in [5, 5.41) is 0. The molecule has 0 spiro atoms. The fourth-order valence-electron chi connectivity index (χ4n) is 2.12. The summed E-state index contributed by atoms with van der Waals surface area (Å²) in [6.07, 6.45) is -3.80. The highest BCUT2D eigenvalue weighted by atomic mass is 32.2. The van der Waals surface area contributed by atoms with Gasteiger partial charge in [0.25, 0.3) is 0 Å². The Bertz CT molecular complexity index is 574. The lowest BCUT2D eigenvalue weighted by Gasteiger charge is -2.16. The molecule has 1 aliphatic heterocycles. The van der Waals surface area contributed by atoms with E-state index in [0.717, 1.165) is 12.3 Å². The standard InChI is InChI=1S/C12H15F3N2O2S/c1-8-6-17(7-9(8)2)20(18,19)10-3-4-11(16-5-10)12(13,14)15/h3-5,8-9H,6-7H2,1-2H3/t8-,9-/m0/s1. The number of alkyl halides is 3. The molecule has 0 amide bonds. The number of nitrogens with zero attached hydrogens (tertiary/aromatic N) is 2. The molecule has 0 unspecified atom stereocenters. The van der Waals surface area contributed by atoms with Crippen molar-refractivity contribution in [1.29, 1.82) is 0 Å². The molecule has 1 saturated heterocycles. The maximum absolute atomic E-state index is 12.4. The SMILES string of the molecule is C[C@H]1CN(S(=O)(=O)c2ccc(C(F)(F)F)nc2)C[C@@H]1C. The van der Waals surface area contributed by atoms with E-state index in [-0.39, 0.29) is 16.7 Å². The average molecular weight is 308 g/mol. The van der Waals surface area contributed by atoms with Gasteiger partial charge in [-0.25, -0.2) is 8.42 Å². The minimum Gasteiger partial charge on any atom is -0.250 e. The lowest BCUT2D eigenvalue weighted by atomic mass is 10.0. The molecule has 0 N–H and O–H groups in total. The number of sulfonamides is 1. The summed E-state index contributed by atoms with van der Waals surface area (Å²) in [5.41, 5.74) is -1.10. The Kier molecular flexibility index (Phi) is 3.81. The second kappa shape index (κ2) is 5.00. The Balaban J connectivity index is 2.27. The van der Waals surface area contributed by atoms with Crippen molar-refractivity contribution in [2.24, 2.45) is 11.8 Å². The molecule has 0 aromatic carbocycles. The van der Waals surface area contributed by atoms with Crippen LogP contribution in [-0.4, -0.2) is 30.8 Å². The van der Waals surface area contributed by atoms with Crippen molar-refractivity contribution in [2.75, 3.05) is 13.1 Å². The second-order valence-electron chi connectivity index (χ2n) is 5.15. The summed E-state index contributed by atoms with van der Waals surface area (Å²) in [5.74, 6) is 0.458. The number of pyridine rings is 1. The number of aromatic nitrogens is 1. The molecule has 2 rings (SSSR count). The van der Waals surface area contributed by atoms with Crippen LogP contribution in [0, 0.1) is 11.8 Å². The van der Waals surface area contributed by atoms with Crippen LogP contribution in [0.1, 0.15) is 19.5 Å². The van der Waals surface area contributed by atoms with Crippen LogP contribution in [0.3, 0.4) is 0 Å². The van der Waals surface area contributed by atoms with Gasteiger partial charge in [-0.15, -0.1) is 0 Å². The van der Waals surface area contributed by atoms with Crippen molar-refractivity contribution in [3.63, 3.8) is 0 Å². The predicted molar refractivity (Wildman–Crippen MR) is 66.3 cm³/mol. The van der Waals surface area contributed by atoms with Crippen LogP contribution in [0.2, 0.25) is 0 Å². The normalized spacial score (nSPS) is 25.1. The molecule has 8 heteroatoms. The molecule has 20 heavy (non-hydrogen) atoms. The molecule has 0 aliphatic carbocycles. The van der Waals surface area contributed by atoms with Crippen molar-refractivity contribution < 1.29 is 21.6 Å². The van der Waals surface area contributed by atoms with Crippen LogP contribution in [0.5, 0.6) is 0 Å². The third-order valence-corrected chi connectivity index (χ3v) is 5.43. The minimum atomic E-state index is -4.57. The molecule has 112 valence electrons. The van der Waals surface area contributed by atoms with Gasteiger partial charge in [-0.2, -0.15) is 17.5 Å². The van der Waals surface area contributed by atoms with Gasteiger partial charge in [0.15, 0.2) is 0 Å². The van der Waals surface area contributed by atoms with Gasteiger partial charge in [0, 0.05) is 19.3 Å². The first-order chi connectivity index (χ1) is 9.12. The van der Waals surface area contributed by atoms with Crippen molar-refractivity contribution in [3.8, 4) is 0 Å². The molecule has 2 atom stereocenters. The van der Waals surface area contributed by atoms with E-state index in [2.05, 4.69) is 4.98 Å². The first-order valence-corrected chi connectivity index (χ1v) is 7.60. The van der Waals surface area contributed by atoms with E-state index >= 15 is 0 Å². The first-order valence-electron chi connectivity index (χ1n) is 6.16. The summed E-state index contributed by atoms with van der Waals surface area (Å²) in [4.78, 5) is 2.99. The quantitative estimate of drug-likeness (QED) is 0.843. The molecule has 1 aromatic heterocycles. The lowest BCUT2D eigenvalue weighted by molar-refractivity contribution is -0.141. The highest BCUT2D eigenvalue weighted by Crippen LogP contribution is 2.30. The molecule has 0 bridgehead atoms. The number of halogens is 3. The lowest BCUT2D eigenvalue weighted by Crippen LogP contribution is -2.29. The third-order valence-electron chi connectivity index (χ3n) is 3.62. The molecule has 4 nitrogen and oxygen atoms in total.